The predicted octanol–water partition coefficient (Wildman–Crippen LogP) is 3.11. The largest absolute Gasteiger partial charge is 0.490 e. The summed E-state index contributed by atoms with van der Waals surface area (Å²) >= 11 is 1.09. The van der Waals surface area contributed by atoms with Gasteiger partial charge in [0.15, 0.2) is 5.16 Å². The predicted molar refractivity (Wildman–Crippen MR) is 100 cm³/mol. The fraction of sp³-hybridized carbons (Fsp3) is 0.167. The van der Waals surface area contributed by atoms with Crippen LogP contribution in [0.4, 0.5) is 5.69 Å². The summed E-state index contributed by atoms with van der Waals surface area (Å²) in [5, 5.41) is 19.5. The van der Waals surface area contributed by atoms with Crippen LogP contribution in [0.2, 0.25) is 0 Å². The molecule has 0 bridgehead atoms. The number of nitro benzene ring substituents is 1. The van der Waals surface area contributed by atoms with Gasteiger partial charge in [0, 0.05) is 13.1 Å². The second-order valence-corrected chi connectivity index (χ2v) is 6.57. The summed E-state index contributed by atoms with van der Waals surface area (Å²) in [5.41, 5.74) is -0.114. The third kappa shape index (κ3) is 4.86. The minimum atomic E-state index is -0.657. The van der Waals surface area contributed by atoms with Gasteiger partial charge in [0.25, 0.3) is 5.69 Å². The van der Waals surface area contributed by atoms with Crippen molar-refractivity contribution < 1.29 is 19.2 Å². The molecule has 0 aliphatic carbocycles. The molecule has 0 aliphatic heterocycles. The minimum Gasteiger partial charge on any atom is -0.490 e. The summed E-state index contributed by atoms with van der Waals surface area (Å²) in [7, 11) is 1.73. The maximum absolute atomic E-state index is 12.2. The van der Waals surface area contributed by atoms with Gasteiger partial charge in [-0.2, -0.15) is 0 Å². The maximum Gasteiger partial charge on any atom is 0.338 e. The van der Waals surface area contributed by atoms with E-state index in [4.69, 9.17) is 9.47 Å². The van der Waals surface area contributed by atoms with E-state index in [0.29, 0.717) is 15.8 Å². The summed E-state index contributed by atoms with van der Waals surface area (Å²) in [6.45, 7) is 0.203. The SMILES string of the molecule is Cn1cnnc1Sc1ccc(C(=O)OCCOc2ccccc2)cc1[N+](=O)[O-]. The van der Waals surface area contributed by atoms with Gasteiger partial charge in [0.05, 0.1) is 15.4 Å². The molecule has 10 heteroatoms. The smallest absolute Gasteiger partial charge is 0.338 e. The Hall–Kier alpha value is -3.40. The Bertz CT molecular complexity index is 977. The van der Waals surface area contributed by atoms with E-state index in [1.54, 1.807) is 23.7 Å². The number of benzene rings is 2. The number of carbonyl (C=O) groups excluding carboxylic acids is 1. The van der Waals surface area contributed by atoms with E-state index in [1.165, 1.54) is 24.5 Å². The molecule has 0 fully saturated rings. The first-order valence-corrected chi connectivity index (χ1v) is 9.01. The zero-order chi connectivity index (χ0) is 19.9. The van der Waals surface area contributed by atoms with Gasteiger partial charge in [0.2, 0.25) is 0 Å². The first-order valence-electron chi connectivity index (χ1n) is 8.20. The molecule has 28 heavy (non-hydrogen) atoms. The number of nitrogens with zero attached hydrogens (tertiary/aromatic N) is 4. The standard InChI is InChI=1S/C18H16N4O5S/c1-21-12-19-20-18(21)28-16-8-7-13(11-15(16)22(24)25)17(23)27-10-9-26-14-5-3-2-4-6-14/h2-8,11-12H,9-10H2,1H3. The Morgan fingerprint density at radius 1 is 1.21 bits per heavy atom. The topological polar surface area (TPSA) is 109 Å². The monoisotopic (exact) mass is 400 g/mol. The van der Waals surface area contributed by atoms with Crippen LogP contribution in [-0.2, 0) is 11.8 Å². The summed E-state index contributed by atoms with van der Waals surface area (Å²) < 4.78 is 12.2. The first kappa shape index (κ1) is 19.4. The molecule has 1 heterocycles. The van der Waals surface area contributed by atoms with Crippen molar-refractivity contribution in [3.05, 3.63) is 70.5 Å². The van der Waals surface area contributed by atoms with Crippen LogP contribution < -0.4 is 4.74 Å². The molecule has 2 aromatic carbocycles. The van der Waals surface area contributed by atoms with Crippen LogP contribution in [0.5, 0.6) is 5.75 Å². The number of rotatable bonds is 8. The van der Waals surface area contributed by atoms with Crippen molar-refractivity contribution >= 4 is 23.4 Å². The Morgan fingerprint density at radius 2 is 2.00 bits per heavy atom. The third-order valence-corrected chi connectivity index (χ3v) is 4.71. The molecule has 0 radical (unpaired) electrons. The quantitative estimate of drug-likeness (QED) is 0.246. The van der Waals surface area contributed by atoms with Gasteiger partial charge in [-0.15, -0.1) is 10.2 Å². The Kier molecular flexibility index (Phi) is 6.22. The van der Waals surface area contributed by atoms with Crippen molar-refractivity contribution in [2.75, 3.05) is 13.2 Å². The Balaban J connectivity index is 1.63. The van der Waals surface area contributed by atoms with Gasteiger partial charge in [-0.1, -0.05) is 18.2 Å². The number of aryl methyl sites for hydroxylation is 1. The van der Waals surface area contributed by atoms with Crippen molar-refractivity contribution in [3.8, 4) is 5.75 Å². The summed E-state index contributed by atoms with van der Waals surface area (Å²) in [6.07, 6.45) is 1.50. The van der Waals surface area contributed by atoms with E-state index in [0.717, 1.165) is 11.8 Å². The zero-order valence-corrected chi connectivity index (χ0v) is 15.7. The summed E-state index contributed by atoms with van der Waals surface area (Å²) in [4.78, 5) is 23.4. The van der Waals surface area contributed by atoms with Crippen molar-refractivity contribution in [2.45, 2.75) is 10.1 Å². The number of esters is 1. The third-order valence-electron chi connectivity index (χ3n) is 3.59. The van der Waals surface area contributed by atoms with Gasteiger partial charge >= 0.3 is 5.97 Å². The molecule has 1 aromatic heterocycles. The molecule has 0 saturated heterocycles. The Morgan fingerprint density at radius 3 is 2.68 bits per heavy atom. The van der Waals surface area contributed by atoms with Gasteiger partial charge in [-0.25, -0.2) is 4.79 Å². The van der Waals surface area contributed by atoms with E-state index in [-0.39, 0.29) is 24.5 Å². The summed E-state index contributed by atoms with van der Waals surface area (Å²) in [6, 6.07) is 13.3. The van der Waals surface area contributed by atoms with Crippen LogP contribution in [0.3, 0.4) is 0 Å². The molecular formula is C18H16N4O5S. The minimum absolute atomic E-state index is 0.0248. The molecule has 3 rings (SSSR count). The number of aromatic nitrogens is 3. The highest BCUT2D eigenvalue weighted by Gasteiger charge is 2.20. The van der Waals surface area contributed by atoms with Crippen LogP contribution in [0.25, 0.3) is 0 Å². The van der Waals surface area contributed by atoms with Gasteiger partial charge in [-0.05, 0) is 36.0 Å². The lowest BCUT2D eigenvalue weighted by Gasteiger charge is -2.08. The van der Waals surface area contributed by atoms with E-state index in [9.17, 15) is 14.9 Å². The van der Waals surface area contributed by atoms with Crippen LogP contribution in [0, 0.1) is 10.1 Å². The maximum atomic E-state index is 12.2. The molecule has 0 aliphatic rings. The number of hydrogen-bond donors (Lipinski definition) is 0. The molecule has 0 unspecified atom stereocenters. The average Bonchev–Trinajstić information content (AvgIpc) is 3.10. The molecule has 3 aromatic rings. The number of hydrogen-bond acceptors (Lipinski definition) is 8. The lowest BCUT2D eigenvalue weighted by molar-refractivity contribution is -0.387. The molecule has 9 nitrogen and oxygen atoms in total. The average molecular weight is 400 g/mol. The fourth-order valence-corrected chi connectivity index (χ4v) is 3.08. The Labute approximate surface area is 164 Å². The lowest BCUT2D eigenvalue weighted by Crippen LogP contribution is -2.12. The highest BCUT2D eigenvalue weighted by molar-refractivity contribution is 7.99. The first-order chi connectivity index (χ1) is 13.5. The number of ether oxygens (including phenoxy) is 2. The zero-order valence-electron chi connectivity index (χ0n) is 14.8. The van der Waals surface area contributed by atoms with Crippen LogP contribution in [0.15, 0.2) is 64.9 Å². The van der Waals surface area contributed by atoms with Crippen LogP contribution >= 0.6 is 11.8 Å². The van der Waals surface area contributed by atoms with E-state index < -0.39 is 10.9 Å². The molecule has 0 saturated carbocycles. The van der Waals surface area contributed by atoms with Crippen molar-refractivity contribution in [1.29, 1.82) is 0 Å². The van der Waals surface area contributed by atoms with Crippen LogP contribution in [0.1, 0.15) is 10.4 Å². The normalized spacial score (nSPS) is 10.5. The highest BCUT2D eigenvalue weighted by Crippen LogP contribution is 2.34. The molecule has 0 spiro atoms. The molecule has 144 valence electrons. The second kappa shape index (κ2) is 9.00. The van der Waals surface area contributed by atoms with Gasteiger partial charge in [0.1, 0.15) is 25.3 Å². The fourth-order valence-electron chi connectivity index (χ4n) is 2.23. The van der Waals surface area contributed by atoms with Crippen molar-refractivity contribution in [3.63, 3.8) is 0 Å². The molecule has 0 amide bonds. The van der Waals surface area contributed by atoms with E-state index >= 15 is 0 Å². The van der Waals surface area contributed by atoms with E-state index in [1.807, 2.05) is 18.2 Å². The molecule has 0 atom stereocenters. The number of para-hydroxylation sites is 1. The molecular weight excluding hydrogens is 384 g/mol. The van der Waals surface area contributed by atoms with Gasteiger partial charge < -0.3 is 14.0 Å². The number of nitro groups is 1. The van der Waals surface area contributed by atoms with Gasteiger partial charge in [-0.3, -0.25) is 10.1 Å². The number of carbonyl (C=O) groups is 1. The molecule has 0 N–H and O–H groups in total. The highest BCUT2D eigenvalue weighted by atomic mass is 32.2. The van der Waals surface area contributed by atoms with Crippen molar-refractivity contribution in [2.24, 2.45) is 7.05 Å². The van der Waals surface area contributed by atoms with Crippen LogP contribution in [-0.4, -0.2) is 38.9 Å². The second-order valence-electron chi connectivity index (χ2n) is 5.56. The van der Waals surface area contributed by atoms with Crippen molar-refractivity contribution in [1.82, 2.24) is 14.8 Å². The summed E-state index contributed by atoms with van der Waals surface area (Å²) in [5.74, 6) is 0.00862. The lowest BCUT2D eigenvalue weighted by atomic mass is 10.2. The van der Waals surface area contributed by atoms with E-state index in [2.05, 4.69) is 10.2 Å².